The van der Waals surface area contributed by atoms with Gasteiger partial charge in [0.25, 0.3) is 0 Å². The van der Waals surface area contributed by atoms with Crippen LogP contribution >= 0.6 is 9.24 Å². The molecule has 0 spiro atoms. The van der Waals surface area contributed by atoms with E-state index in [-0.39, 0.29) is 6.54 Å². The second-order valence-electron chi connectivity index (χ2n) is 1.90. The zero-order chi connectivity index (χ0) is 8.91. The molecule has 0 aromatic heterocycles. The first-order valence-electron chi connectivity index (χ1n) is 3.03. The van der Waals surface area contributed by atoms with E-state index in [0.29, 0.717) is 12.6 Å². The monoisotopic (exact) mass is 187 g/mol. The van der Waals surface area contributed by atoms with Gasteiger partial charge in [-0.25, -0.2) is 0 Å². The first kappa shape index (κ1) is 10.7. The zero-order valence-electron chi connectivity index (χ0n) is 5.74. The van der Waals surface area contributed by atoms with E-state index < -0.39 is 12.1 Å². The van der Waals surface area contributed by atoms with Crippen molar-refractivity contribution < 1.29 is 18.0 Å². The molecule has 11 heavy (non-hydrogen) atoms. The molecule has 0 aliphatic heterocycles. The molecule has 0 fully saturated rings. The highest BCUT2D eigenvalue weighted by molar-refractivity contribution is 7.16. The van der Waals surface area contributed by atoms with Gasteiger partial charge < -0.3 is 5.32 Å². The summed E-state index contributed by atoms with van der Waals surface area (Å²) < 4.78 is 34.4. The number of alkyl halides is 3. The van der Waals surface area contributed by atoms with Crippen molar-refractivity contribution in [2.24, 2.45) is 0 Å². The molecule has 0 heterocycles. The third kappa shape index (κ3) is 5.01. The van der Waals surface area contributed by atoms with Gasteiger partial charge in [-0.05, 0) is 12.6 Å². The molecular formula is C5H9F3NOP. The van der Waals surface area contributed by atoms with Gasteiger partial charge in [-0.2, -0.15) is 13.2 Å². The minimum Gasteiger partial charge on any atom is -0.348 e. The smallest absolute Gasteiger partial charge is 0.348 e. The fraction of sp³-hybridized carbons (Fsp3) is 0.800. The second kappa shape index (κ2) is 4.54. The lowest BCUT2D eigenvalue weighted by Crippen LogP contribution is -2.37. The summed E-state index contributed by atoms with van der Waals surface area (Å²) in [7, 11) is 2.36. The molecule has 0 rings (SSSR count). The van der Waals surface area contributed by atoms with Crippen LogP contribution in [0.4, 0.5) is 13.2 Å². The minimum atomic E-state index is -4.75. The Morgan fingerprint density at radius 1 is 1.45 bits per heavy atom. The number of carbonyl (C=O) groups is 1. The summed E-state index contributed by atoms with van der Waals surface area (Å²) in [5.41, 5.74) is 0. The third-order valence-electron chi connectivity index (χ3n) is 0.924. The van der Waals surface area contributed by atoms with Crippen molar-refractivity contribution in [2.75, 3.05) is 12.7 Å². The Balaban J connectivity index is 3.54. The summed E-state index contributed by atoms with van der Waals surface area (Å²) in [6.45, 7) is 0.0713. The highest BCUT2D eigenvalue weighted by Gasteiger charge is 2.37. The van der Waals surface area contributed by atoms with Gasteiger partial charge in [0, 0.05) is 6.54 Å². The molecule has 0 saturated heterocycles. The van der Waals surface area contributed by atoms with E-state index in [4.69, 9.17) is 0 Å². The van der Waals surface area contributed by atoms with Gasteiger partial charge in [-0.1, -0.05) is 0 Å². The molecule has 0 aliphatic carbocycles. The topological polar surface area (TPSA) is 29.1 Å². The predicted octanol–water partition coefficient (Wildman–Crippen LogP) is 0.930. The van der Waals surface area contributed by atoms with Crippen LogP contribution in [-0.4, -0.2) is 24.8 Å². The first-order valence-corrected chi connectivity index (χ1v) is 3.85. The van der Waals surface area contributed by atoms with Gasteiger partial charge in [0.05, 0.1) is 0 Å². The molecule has 1 N–H and O–H groups in total. The number of hydrogen-bond acceptors (Lipinski definition) is 1. The fourth-order valence-electron chi connectivity index (χ4n) is 0.404. The molecule has 6 heteroatoms. The van der Waals surface area contributed by atoms with Crippen LogP contribution in [0.25, 0.3) is 0 Å². The number of hydrogen-bond donors (Lipinski definition) is 1. The first-order chi connectivity index (χ1) is 4.98. The van der Waals surface area contributed by atoms with Crippen molar-refractivity contribution in [3.63, 3.8) is 0 Å². The van der Waals surface area contributed by atoms with Gasteiger partial charge in [0.1, 0.15) is 0 Å². The standard InChI is InChI=1S/C5H9F3NOP/c6-5(7,8)4(10)9-2-1-3-11/h1-3,11H2,(H,9,10). The average Bonchev–Trinajstić information content (AvgIpc) is 1.86. The maximum atomic E-state index is 11.5. The Hall–Kier alpha value is -0.310. The third-order valence-corrected chi connectivity index (χ3v) is 1.33. The van der Waals surface area contributed by atoms with Crippen LogP contribution in [-0.2, 0) is 4.79 Å². The number of amides is 1. The minimum absolute atomic E-state index is 0.0713. The number of rotatable bonds is 3. The van der Waals surface area contributed by atoms with Crippen molar-refractivity contribution in [3.05, 3.63) is 0 Å². The van der Waals surface area contributed by atoms with Crippen molar-refractivity contribution in [2.45, 2.75) is 12.6 Å². The van der Waals surface area contributed by atoms with Crippen molar-refractivity contribution >= 4 is 15.1 Å². The van der Waals surface area contributed by atoms with Crippen molar-refractivity contribution in [1.82, 2.24) is 5.32 Å². The van der Waals surface area contributed by atoms with E-state index >= 15 is 0 Å². The number of carbonyl (C=O) groups excluding carboxylic acids is 1. The van der Waals surface area contributed by atoms with Crippen LogP contribution in [0.2, 0.25) is 0 Å². The molecule has 66 valence electrons. The summed E-state index contributed by atoms with van der Waals surface area (Å²) >= 11 is 0. The Morgan fingerprint density at radius 3 is 2.36 bits per heavy atom. The summed E-state index contributed by atoms with van der Waals surface area (Å²) in [6, 6.07) is 0. The van der Waals surface area contributed by atoms with Crippen LogP contribution in [0.5, 0.6) is 0 Å². The molecule has 0 aromatic carbocycles. The lowest BCUT2D eigenvalue weighted by molar-refractivity contribution is -0.173. The Bertz CT molecular complexity index is 136. The maximum absolute atomic E-state index is 11.5. The predicted molar refractivity (Wildman–Crippen MR) is 38.3 cm³/mol. The van der Waals surface area contributed by atoms with E-state index in [1.54, 1.807) is 5.32 Å². The zero-order valence-corrected chi connectivity index (χ0v) is 6.90. The summed E-state index contributed by atoms with van der Waals surface area (Å²) in [6.07, 6.45) is -3.54. The Kier molecular flexibility index (Phi) is 4.42. The molecule has 1 amide bonds. The summed E-state index contributed by atoms with van der Waals surface area (Å²) in [4.78, 5) is 10.1. The highest BCUT2D eigenvalue weighted by Crippen LogP contribution is 2.13. The molecule has 0 aromatic rings. The van der Waals surface area contributed by atoms with Gasteiger partial charge in [-0.15, -0.1) is 9.24 Å². The Labute approximate surface area is 64.7 Å². The van der Waals surface area contributed by atoms with Crippen LogP contribution in [0.15, 0.2) is 0 Å². The van der Waals surface area contributed by atoms with Crippen molar-refractivity contribution in [3.8, 4) is 0 Å². The van der Waals surface area contributed by atoms with E-state index in [9.17, 15) is 18.0 Å². The molecule has 2 nitrogen and oxygen atoms in total. The number of halogens is 3. The molecule has 0 saturated carbocycles. The van der Waals surface area contributed by atoms with Crippen molar-refractivity contribution in [1.29, 1.82) is 0 Å². The quantitative estimate of drug-likeness (QED) is 0.516. The highest BCUT2D eigenvalue weighted by atomic mass is 31.0. The molecule has 0 radical (unpaired) electrons. The summed E-state index contributed by atoms with van der Waals surface area (Å²) in [5.74, 6) is -1.86. The second-order valence-corrected chi connectivity index (χ2v) is 2.47. The van der Waals surface area contributed by atoms with Gasteiger partial charge >= 0.3 is 12.1 Å². The van der Waals surface area contributed by atoms with Crippen LogP contribution in [0.1, 0.15) is 6.42 Å². The fourth-order valence-corrected chi connectivity index (χ4v) is 0.608. The van der Waals surface area contributed by atoms with E-state index in [1.165, 1.54) is 0 Å². The molecule has 0 bridgehead atoms. The SMILES string of the molecule is O=C(NCCCP)C(F)(F)F. The lowest BCUT2D eigenvalue weighted by atomic mass is 10.4. The van der Waals surface area contributed by atoms with Crippen LogP contribution in [0, 0.1) is 0 Å². The van der Waals surface area contributed by atoms with Gasteiger partial charge in [0.2, 0.25) is 0 Å². The molecule has 0 aliphatic rings. The molecule has 1 unspecified atom stereocenters. The van der Waals surface area contributed by atoms with Crippen LogP contribution < -0.4 is 5.32 Å². The maximum Gasteiger partial charge on any atom is 0.471 e. The lowest BCUT2D eigenvalue weighted by Gasteiger charge is -2.05. The van der Waals surface area contributed by atoms with E-state index in [0.717, 1.165) is 0 Å². The number of nitrogens with one attached hydrogen (secondary N) is 1. The largest absolute Gasteiger partial charge is 0.471 e. The molecule has 1 atom stereocenters. The molecular weight excluding hydrogens is 178 g/mol. The normalized spacial score (nSPS) is 11.3. The van der Waals surface area contributed by atoms with Crippen LogP contribution in [0.3, 0.4) is 0 Å². The van der Waals surface area contributed by atoms with Gasteiger partial charge in [-0.3, -0.25) is 4.79 Å². The average molecular weight is 187 g/mol. The Morgan fingerprint density at radius 2 is 2.00 bits per heavy atom. The van der Waals surface area contributed by atoms with E-state index in [2.05, 4.69) is 9.24 Å². The van der Waals surface area contributed by atoms with E-state index in [1.807, 2.05) is 0 Å². The summed E-state index contributed by atoms with van der Waals surface area (Å²) in [5, 5.41) is 1.75. The van der Waals surface area contributed by atoms with Gasteiger partial charge in [0.15, 0.2) is 0 Å².